The van der Waals surface area contributed by atoms with Crippen LogP contribution in [-0.4, -0.2) is 28.7 Å². The van der Waals surface area contributed by atoms with Gasteiger partial charge in [0, 0.05) is 35.5 Å². The Bertz CT molecular complexity index is 1830. The SMILES string of the molecule is Cc1cc(OC(=O)[C@H](Cc2c[nH]c3ccccc23)NC(=O)OC(C)(C)C)c2c(C)c(Cc3ccccc3)c(=O)oc2c1. The van der Waals surface area contributed by atoms with Crippen molar-refractivity contribution in [1.82, 2.24) is 10.3 Å². The largest absolute Gasteiger partial charge is 0.444 e. The van der Waals surface area contributed by atoms with Gasteiger partial charge < -0.3 is 24.2 Å². The highest BCUT2D eigenvalue weighted by molar-refractivity contribution is 5.92. The number of aromatic amines is 1. The highest BCUT2D eigenvalue weighted by Gasteiger charge is 2.28. The van der Waals surface area contributed by atoms with Crippen molar-refractivity contribution in [2.45, 2.75) is 59.1 Å². The highest BCUT2D eigenvalue weighted by atomic mass is 16.6. The normalized spacial score (nSPS) is 12.3. The second kappa shape index (κ2) is 11.6. The molecule has 0 aliphatic carbocycles. The molecule has 5 rings (SSSR count). The minimum absolute atomic E-state index is 0.166. The van der Waals surface area contributed by atoms with Gasteiger partial charge >= 0.3 is 17.7 Å². The summed E-state index contributed by atoms with van der Waals surface area (Å²) in [4.78, 5) is 42.8. The van der Waals surface area contributed by atoms with Crippen LogP contribution in [0.4, 0.5) is 4.79 Å². The number of hydrogen-bond acceptors (Lipinski definition) is 6. The molecule has 0 fully saturated rings. The van der Waals surface area contributed by atoms with Crippen LogP contribution in [0, 0.1) is 13.8 Å². The number of carbonyl (C=O) groups excluding carboxylic acids is 2. The van der Waals surface area contributed by atoms with Crippen molar-refractivity contribution >= 4 is 33.9 Å². The lowest BCUT2D eigenvalue weighted by Crippen LogP contribution is -2.46. The molecule has 0 radical (unpaired) electrons. The number of carbonyl (C=O) groups is 2. The summed E-state index contributed by atoms with van der Waals surface area (Å²) in [5.41, 5.74) is 3.74. The van der Waals surface area contributed by atoms with Gasteiger partial charge in [0.05, 0.1) is 5.39 Å². The zero-order chi connectivity index (χ0) is 30.0. The van der Waals surface area contributed by atoms with Crippen LogP contribution in [0.15, 0.2) is 82.1 Å². The summed E-state index contributed by atoms with van der Waals surface area (Å²) in [7, 11) is 0. The molecule has 2 heterocycles. The summed E-state index contributed by atoms with van der Waals surface area (Å²) >= 11 is 0. The quantitative estimate of drug-likeness (QED) is 0.132. The highest BCUT2D eigenvalue weighted by Crippen LogP contribution is 2.32. The number of esters is 1. The van der Waals surface area contributed by atoms with E-state index in [1.165, 1.54) is 0 Å². The van der Waals surface area contributed by atoms with E-state index in [2.05, 4.69) is 10.3 Å². The van der Waals surface area contributed by atoms with Crippen LogP contribution in [0.25, 0.3) is 21.9 Å². The fraction of sp³-hybridized carbons (Fsp3) is 0.265. The van der Waals surface area contributed by atoms with Gasteiger partial charge in [0.25, 0.3) is 0 Å². The van der Waals surface area contributed by atoms with Gasteiger partial charge in [-0.2, -0.15) is 0 Å². The van der Waals surface area contributed by atoms with Crippen LogP contribution < -0.4 is 15.7 Å². The zero-order valence-electron chi connectivity index (χ0n) is 24.4. The van der Waals surface area contributed by atoms with E-state index in [4.69, 9.17) is 13.9 Å². The van der Waals surface area contributed by atoms with Crippen molar-refractivity contribution in [3.05, 3.63) is 111 Å². The summed E-state index contributed by atoms with van der Waals surface area (Å²) in [6.45, 7) is 8.91. The lowest BCUT2D eigenvalue weighted by Gasteiger charge is -2.23. The van der Waals surface area contributed by atoms with Crippen LogP contribution >= 0.6 is 0 Å². The molecule has 2 aromatic heterocycles. The van der Waals surface area contributed by atoms with Crippen LogP contribution in [0.5, 0.6) is 5.75 Å². The number of alkyl carbamates (subject to hydrolysis) is 1. The Labute approximate surface area is 243 Å². The second-order valence-corrected chi connectivity index (χ2v) is 11.5. The smallest absolute Gasteiger partial charge is 0.408 e. The van der Waals surface area contributed by atoms with Gasteiger partial charge in [-0.25, -0.2) is 14.4 Å². The molecule has 8 nitrogen and oxygen atoms in total. The molecule has 1 amide bonds. The molecule has 1 atom stereocenters. The number of aromatic nitrogens is 1. The third kappa shape index (κ3) is 6.38. The number of nitrogens with one attached hydrogen (secondary N) is 2. The average Bonchev–Trinajstić information content (AvgIpc) is 3.32. The van der Waals surface area contributed by atoms with Crippen molar-refractivity contribution in [2.75, 3.05) is 0 Å². The Morgan fingerprint density at radius 3 is 2.45 bits per heavy atom. The molecule has 216 valence electrons. The molecule has 0 saturated carbocycles. The standard InChI is InChI=1S/C34H34N2O6/c1-20-15-28-30(21(2)25(31(37)40-28)17-22-11-7-6-8-12-22)29(16-20)41-32(38)27(36-33(39)42-34(3,4)5)18-23-19-35-26-14-10-9-13-24(23)26/h6-16,19,27,35H,17-18H2,1-5H3,(H,36,39)/t27-/m0/s1. The summed E-state index contributed by atoms with van der Waals surface area (Å²) in [6.07, 6.45) is 1.62. The summed E-state index contributed by atoms with van der Waals surface area (Å²) in [5, 5.41) is 4.17. The molecule has 0 spiro atoms. The number of rotatable bonds is 7. The number of para-hydroxylation sites is 1. The van der Waals surface area contributed by atoms with Crippen molar-refractivity contribution in [1.29, 1.82) is 0 Å². The number of H-pyrrole nitrogens is 1. The van der Waals surface area contributed by atoms with Crippen molar-refractivity contribution in [2.24, 2.45) is 0 Å². The molecule has 5 aromatic rings. The number of hydrogen-bond donors (Lipinski definition) is 2. The van der Waals surface area contributed by atoms with Gasteiger partial charge in [0.15, 0.2) is 0 Å². The van der Waals surface area contributed by atoms with Gasteiger partial charge in [0.2, 0.25) is 0 Å². The summed E-state index contributed by atoms with van der Waals surface area (Å²) < 4.78 is 17.2. The number of amides is 1. The maximum absolute atomic E-state index is 13.8. The Kier molecular flexibility index (Phi) is 7.89. The number of benzene rings is 3. The minimum atomic E-state index is -1.06. The molecule has 0 aliphatic rings. The van der Waals surface area contributed by atoms with Gasteiger partial charge in [-0.15, -0.1) is 0 Å². The maximum Gasteiger partial charge on any atom is 0.408 e. The van der Waals surface area contributed by atoms with Crippen LogP contribution in [0.3, 0.4) is 0 Å². The molecular formula is C34H34N2O6. The first-order chi connectivity index (χ1) is 20.0. The first-order valence-electron chi connectivity index (χ1n) is 13.9. The lowest BCUT2D eigenvalue weighted by atomic mass is 9.98. The second-order valence-electron chi connectivity index (χ2n) is 11.5. The monoisotopic (exact) mass is 566 g/mol. The Morgan fingerprint density at radius 1 is 1.00 bits per heavy atom. The zero-order valence-corrected chi connectivity index (χ0v) is 24.4. The van der Waals surface area contributed by atoms with Gasteiger partial charge in [-0.3, -0.25) is 0 Å². The predicted molar refractivity (Wildman–Crippen MR) is 162 cm³/mol. The fourth-order valence-electron chi connectivity index (χ4n) is 5.06. The molecule has 3 aromatic carbocycles. The van der Waals surface area contributed by atoms with E-state index in [9.17, 15) is 14.4 Å². The van der Waals surface area contributed by atoms with Gasteiger partial charge in [-0.05, 0) is 75.1 Å². The molecular weight excluding hydrogens is 532 g/mol. The van der Waals surface area contributed by atoms with E-state index >= 15 is 0 Å². The van der Waals surface area contributed by atoms with Crippen LogP contribution in [0.1, 0.15) is 48.6 Å². The molecule has 0 saturated heterocycles. The molecule has 42 heavy (non-hydrogen) atoms. The summed E-state index contributed by atoms with van der Waals surface area (Å²) in [5.74, 6) is -0.422. The van der Waals surface area contributed by atoms with Gasteiger partial charge in [-0.1, -0.05) is 48.5 Å². The van der Waals surface area contributed by atoms with E-state index in [-0.39, 0.29) is 12.2 Å². The van der Waals surface area contributed by atoms with E-state index in [0.717, 1.165) is 27.6 Å². The van der Waals surface area contributed by atoms with Crippen molar-refractivity contribution in [3.8, 4) is 5.75 Å². The molecule has 8 heteroatoms. The number of aryl methyl sites for hydroxylation is 2. The minimum Gasteiger partial charge on any atom is -0.444 e. The Balaban J connectivity index is 1.52. The predicted octanol–water partition coefficient (Wildman–Crippen LogP) is 6.52. The van der Waals surface area contributed by atoms with E-state index in [0.29, 0.717) is 28.5 Å². The number of ether oxygens (including phenoxy) is 2. The first-order valence-corrected chi connectivity index (χ1v) is 13.9. The molecule has 2 N–H and O–H groups in total. The maximum atomic E-state index is 13.8. The van der Waals surface area contributed by atoms with E-state index in [1.54, 1.807) is 32.9 Å². The average molecular weight is 567 g/mol. The van der Waals surface area contributed by atoms with E-state index < -0.39 is 29.3 Å². The third-order valence-electron chi connectivity index (χ3n) is 7.00. The first kappa shape index (κ1) is 28.7. The topological polar surface area (TPSA) is 111 Å². The lowest BCUT2D eigenvalue weighted by molar-refractivity contribution is -0.136. The molecule has 0 aliphatic heterocycles. The summed E-state index contributed by atoms with van der Waals surface area (Å²) in [6, 6.07) is 19.8. The van der Waals surface area contributed by atoms with Crippen LogP contribution in [-0.2, 0) is 22.4 Å². The van der Waals surface area contributed by atoms with Crippen molar-refractivity contribution in [3.63, 3.8) is 0 Å². The fourth-order valence-corrected chi connectivity index (χ4v) is 5.06. The number of fused-ring (bicyclic) bond motifs is 2. The Hall–Kier alpha value is -4.85. The third-order valence-corrected chi connectivity index (χ3v) is 7.00. The van der Waals surface area contributed by atoms with Crippen LogP contribution in [0.2, 0.25) is 0 Å². The van der Waals surface area contributed by atoms with Crippen molar-refractivity contribution < 1.29 is 23.5 Å². The molecule has 0 bridgehead atoms. The molecule has 0 unspecified atom stereocenters. The Morgan fingerprint density at radius 2 is 1.71 bits per heavy atom. The van der Waals surface area contributed by atoms with Gasteiger partial charge in [0.1, 0.15) is 23.0 Å². The van der Waals surface area contributed by atoms with E-state index in [1.807, 2.05) is 74.6 Å².